The molecule has 0 aromatic heterocycles. The summed E-state index contributed by atoms with van der Waals surface area (Å²) < 4.78 is 0. The quantitative estimate of drug-likeness (QED) is 0.838. The van der Waals surface area contributed by atoms with Crippen molar-refractivity contribution < 1.29 is 4.79 Å². The van der Waals surface area contributed by atoms with Gasteiger partial charge in [0.15, 0.2) is 0 Å². The first kappa shape index (κ1) is 15.0. The highest BCUT2D eigenvalue weighted by atomic mass is 16.2. The number of nitrogens with zero attached hydrogens (tertiary/aromatic N) is 1. The van der Waals surface area contributed by atoms with Crippen LogP contribution in [0.15, 0.2) is 24.3 Å². The molecule has 110 valence electrons. The summed E-state index contributed by atoms with van der Waals surface area (Å²) in [5.41, 5.74) is 7.92. The van der Waals surface area contributed by atoms with Crippen LogP contribution in [-0.4, -0.2) is 29.9 Å². The Morgan fingerprint density at radius 3 is 2.55 bits per heavy atom. The number of hydrogen-bond donors (Lipinski definition) is 2. The van der Waals surface area contributed by atoms with E-state index in [-0.39, 0.29) is 5.91 Å². The normalized spacial score (nSPS) is 17.1. The lowest BCUT2D eigenvalue weighted by atomic mass is 10.1. The van der Waals surface area contributed by atoms with Crippen LogP contribution in [0.4, 0.5) is 5.69 Å². The third-order valence-corrected chi connectivity index (χ3v) is 3.76. The van der Waals surface area contributed by atoms with E-state index in [0.717, 1.165) is 25.1 Å². The first-order chi connectivity index (χ1) is 9.69. The molecule has 4 heteroatoms. The van der Waals surface area contributed by atoms with Crippen molar-refractivity contribution in [3.05, 3.63) is 29.8 Å². The molecular formula is C16H25N3O. The Morgan fingerprint density at radius 1 is 1.30 bits per heavy atom. The third-order valence-electron chi connectivity index (χ3n) is 3.76. The summed E-state index contributed by atoms with van der Waals surface area (Å²) >= 11 is 0. The van der Waals surface area contributed by atoms with Gasteiger partial charge >= 0.3 is 0 Å². The molecule has 0 radical (unpaired) electrons. The minimum Gasteiger partial charge on any atom is -0.325 e. The second-order valence-electron chi connectivity index (χ2n) is 5.56. The lowest BCUT2D eigenvalue weighted by Gasteiger charge is -2.15. The fraction of sp³-hybridized carbons (Fsp3) is 0.562. The molecule has 1 aliphatic heterocycles. The van der Waals surface area contributed by atoms with Gasteiger partial charge in [-0.2, -0.15) is 0 Å². The number of likely N-dealkylation sites (tertiary alicyclic amines) is 1. The van der Waals surface area contributed by atoms with E-state index in [2.05, 4.69) is 22.3 Å². The SMILES string of the molecule is CCC[C@@H](N)C(=O)Nc1ccc(CN2CCCC2)cc1. The molecule has 1 heterocycles. The van der Waals surface area contributed by atoms with Crippen LogP contribution < -0.4 is 11.1 Å². The summed E-state index contributed by atoms with van der Waals surface area (Å²) in [7, 11) is 0. The maximum atomic E-state index is 11.8. The maximum absolute atomic E-state index is 11.8. The summed E-state index contributed by atoms with van der Waals surface area (Å²) in [6.45, 7) is 5.43. The minimum absolute atomic E-state index is 0.0980. The van der Waals surface area contributed by atoms with Gasteiger partial charge in [0.1, 0.15) is 0 Å². The van der Waals surface area contributed by atoms with Crippen LogP contribution in [0.2, 0.25) is 0 Å². The second kappa shape index (κ2) is 7.41. The molecule has 0 spiro atoms. The van der Waals surface area contributed by atoms with Gasteiger partial charge in [-0.05, 0) is 50.0 Å². The first-order valence-electron chi connectivity index (χ1n) is 7.57. The molecule has 2 rings (SSSR count). The van der Waals surface area contributed by atoms with E-state index >= 15 is 0 Å². The fourth-order valence-electron chi connectivity index (χ4n) is 2.57. The lowest BCUT2D eigenvalue weighted by Crippen LogP contribution is -2.35. The highest BCUT2D eigenvalue weighted by Gasteiger charge is 2.13. The van der Waals surface area contributed by atoms with Crippen molar-refractivity contribution in [1.82, 2.24) is 4.90 Å². The van der Waals surface area contributed by atoms with Gasteiger partial charge in [-0.15, -0.1) is 0 Å². The molecule has 1 aliphatic rings. The number of carbonyl (C=O) groups is 1. The molecule has 0 aliphatic carbocycles. The Morgan fingerprint density at radius 2 is 1.95 bits per heavy atom. The standard InChI is InChI=1S/C16H25N3O/c1-2-5-15(17)16(20)18-14-8-6-13(7-9-14)12-19-10-3-4-11-19/h6-9,15H,2-5,10-12,17H2,1H3,(H,18,20)/t15-/m1/s1. The molecule has 1 saturated heterocycles. The Labute approximate surface area is 121 Å². The Kier molecular flexibility index (Phi) is 5.56. The summed E-state index contributed by atoms with van der Waals surface area (Å²) in [4.78, 5) is 14.3. The Bertz CT molecular complexity index is 424. The van der Waals surface area contributed by atoms with Crippen LogP contribution >= 0.6 is 0 Å². The van der Waals surface area contributed by atoms with E-state index < -0.39 is 6.04 Å². The average molecular weight is 275 g/mol. The van der Waals surface area contributed by atoms with E-state index in [1.54, 1.807) is 0 Å². The molecule has 0 saturated carbocycles. The van der Waals surface area contributed by atoms with E-state index in [0.29, 0.717) is 0 Å². The minimum atomic E-state index is -0.413. The van der Waals surface area contributed by atoms with E-state index in [4.69, 9.17) is 5.73 Å². The Hall–Kier alpha value is -1.39. The molecule has 1 amide bonds. The van der Waals surface area contributed by atoms with Crippen molar-refractivity contribution in [2.45, 2.75) is 45.2 Å². The van der Waals surface area contributed by atoms with E-state index in [1.807, 2.05) is 19.1 Å². The first-order valence-corrected chi connectivity index (χ1v) is 7.57. The van der Waals surface area contributed by atoms with Gasteiger partial charge in [-0.25, -0.2) is 0 Å². The second-order valence-corrected chi connectivity index (χ2v) is 5.56. The smallest absolute Gasteiger partial charge is 0.241 e. The van der Waals surface area contributed by atoms with Crippen molar-refractivity contribution in [1.29, 1.82) is 0 Å². The number of anilines is 1. The van der Waals surface area contributed by atoms with Gasteiger partial charge in [0.05, 0.1) is 6.04 Å². The summed E-state index contributed by atoms with van der Waals surface area (Å²) in [5.74, 6) is -0.0980. The lowest BCUT2D eigenvalue weighted by molar-refractivity contribution is -0.117. The molecule has 1 aromatic rings. The molecule has 1 aromatic carbocycles. The van der Waals surface area contributed by atoms with Gasteiger partial charge in [0.25, 0.3) is 0 Å². The number of benzene rings is 1. The van der Waals surface area contributed by atoms with Crippen LogP contribution in [-0.2, 0) is 11.3 Å². The highest BCUT2D eigenvalue weighted by molar-refractivity contribution is 5.94. The number of nitrogens with two attached hydrogens (primary N) is 1. The molecule has 3 N–H and O–H groups in total. The van der Waals surface area contributed by atoms with Crippen molar-refractivity contribution in [2.75, 3.05) is 18.4 Å². The number of carbonyl (C=O) groups excluding carboxylic acids is 1. The molecular weight excluding hydrogens is 250 g/mol. The fourth-order valence-corrected chi connectivity index (χ4v) is 2.57. The van der Waals surface area contributed by atoms with Crippen LogP contribution in [0.5, 0.6) is 0 Å². The van der Waals surface area contributed by atoms with E-state index in [1.165, 1.54) is 31.5 Å². The van der Waals surface area contributed by atoms with Gasteiger partial charge < -0.3 is 11.1 Å². The maximum Gasteiger partial charge on any atom is 0.241 e. The van der Waals surface area contributed by atoms with Gasteiger partial charge in [0, 0.05) is 12.2 Å². The van der Waals surface area contributed by atoms with Crippen molar-refractivity contribution in [2.24, 2.45) is 5.73 Å². The predicted molar refractivity (Wildman–Crippen MR) is 82.5 cm³/mol. The summed E-state index contributed by atoms with van der Waals surface area (Å²) in [5, 5.41) is 2.87. The van der Waals surface area contributed by atoms with Crippen LogP contribution in [0.1, 0.15) is 38.2 Å². The van der Waals surface area contributed by atoms with Crippen molar-refractivity contribution in [3.8, 4) is 0 Å². The number of hydrogen-bond acceptors (Lipinski definition) is 3. The molecule has 20 heavy (non-hydrogen) atoms. The highest BCUT2D eigenvalue weighted by Crippen LogP contribution is 2.15. The largest absolute Gasteiger partial charge is 0.325 e. The summed E-state index contributed by atoms with van der Waals surface area (Å²) in [6.07, 6.45) is 4.26. The number of amides is 1. The van der Waals surface area contributed by atoms with Crippen LogP contribution in [0, 0.1) is 0 Å². The van der Waals surface area contributed by atoms with Crippen molar-refractivity contribution in [3.63, 3.8) is 0 Å². The molecule has 0 unspecified atom stereocenters. The third kappa shape index (κ3) is 4.32. The van der Waals surface area contributed by atoms with E-state index in [9.17, 15) is 4.79 Å². The van der Waals surface area contributed by atoms with Gasteiger partial charge in [0.2, 0.25) is 5.91 Å². The topological polar surface area (TPSA) is 58.4 Å². The van der Waals surface area contributed by atoms with Crippen molar-refractivity contribution >= 4 is 11.6 Å². The zero-order chi connectivity index (χ0) is 14.4. The molecule has 1 fully saturated rings. The predicted octanol–water partition coefficient (Wildman–Crippen LogP) is 2.35. The average Bonchev–Trinajstić information content (AvgIpc) is 2.94. The zero-order valence-corrected chi connectivity index (χ0v) is 12.3. The number of rotatable bonds is 6. The number of nitrogens with one attached hydrogen (secondary N) is 1. The molecule has 4 nitrogen and oxygen atoms in total. The summed E-state index contributed by atoms with van der Waals surface area (Å²) in [6, 6.07) is 7.67. The van der Waals surface area contributed by atoms with Gasteiger partial charge in [-0.1, -0.05) is 25.5 Å². The zero-order valence-electron chi connectivity index (χ0n) is 12.3. The van der Waals surface area contributed by atoms with Crippen LogP contribution in [0.25, 0.3) is 0 Å². The van der Waals surface area contributed by atoms with Gasteiger partial charge in [-0.3, -0.25) is 9.69 Å². The Balaban J connectivity index is 1.86. The van der Waals surface area contributed by atoms with Crippen LogP contribution in [0.3, 0.4) is 0 Å². The molecule has 0 bridgehead atoms. The monoisotopic (exact) mass is 275 g/mol. The molecule has 1 atom stereocenters.